The fourth-order valence-electron chi connectivity index (χ4n) is 2.79. The second kappa shape index (κ2) is 6.57. The van der Waals surface area contributed by atoms with Crippen LogP contribution in [-0.2, 0) is 11.3 Å². The van der Waals surface area contributed by atoms with Crippen LogP contribution >= 0.6 is 0 Å². The Morgan fingerprint density at radius 1 is 1.36 bits per heavy atom. The van der Waals surface area contributed by atoms with E-state index in [4.69, 9.17) is 9.47 Å². The minimum absolute atomic E-state index is 0.113. The van der Waals surface area contributed by atoms with E-state index in [1.807, 2.05) is 18.2 Å². The number of carbonyl (C=O) groups excluding carboxylic acids is 1. The Kier molecular flexibility index (Phi) is 4.52. The van der Waals surface area contributed by atoms with Gasteiger partial charge in [0.05, 0.1) is 6.54 Å². The lowest BCUT2D eigenvalue weighted by atomic mass is 10.2. The summed E-state index contributed by atoms with van der Waals surface area (Å²) < 4.78 is 10.7. The molecule has 1 saturated carbocycles. The van der Waals surface area contributed by atoms with E-state index in [-0.39, 0.29) is 12.7 Å². The van der Waals surface area contributed by atoms with E-state index in [0.717, 1.165) is 30.2 Å². The molecule has 22 heavy (non-hydrogen) atoms. The summed E-state index contributed by atoms with van der Waals surface area (Å²) in [5.41, 5.74) is 1.13. The first kappa shape index (κ1) is 15.2. The molecule has 1 aromatic rings. The van der Waals surface area contributed by atoms with Gasteiger partial charge in [-0.25, -0.2) is 0 Å². The summed E-state index contributed by atoms with van der Waals surface area (Å²) in [7, 11) is 0. The Hall–Kier alpha value is -1.75. The molecule has 1 aromatic carbocycles. The van der Waals surface area contributed by atoms with Gasteiger partial charge < -0.3 is 14.8 Å². The fraction of sp³-hybridized carbons (Fsp3) is 0.588. The van der Waals surface area contributed by atoms with E-state index in [2.05, 4.69) is 24.1 Å². The van der Waals surface area contributed by atoms with Gasteiger partial charge in [0, 0.05) is 12.6 Å². The van der Waals surface area contributed by atoms with E-state index < -0.39 is 0 Å². The van der Waals surface area contributed by atoms with Crippen LogP contribution in [0.4, 0.5) is 0 Å². The van der Waals surface area contributed by atoms with Crippen LogP contribution in [0.15, 0.2) is 18.2 Å². The lowest BCUT2D eigenvalue weighted by molar-refractivity contribution is -0.123. The van der Waals surface area contributed by atoms with Crippen molar-refractivity contribution in [3.63, 3.8) is 0 Å². The molecule has 1 atom stereocenters. The average Bonchev–Trinajstić information content (AvgIpc) is 3.25. The number of fused-ring (bicyclic) bond motifs is 1. The van der Waals surface area contributed by atoms with E-state index in [9.17, 15) is 4.79 Å². The topological polar surface area (TPSA) is 50.8 Å². The molecular formula is C17H24N2O3. The summed E-state index contributed by atoms with van der Waals surface area (Å²) in [6.45, 7) is 6.46. The van der Waals surface area contributed by atoms with Crippen molar-refractivity contribution >= 4 is 5.91 Å². The Morgan fingerprint density at radius 2 is 2.14 bits per heavy atom. The maximum atomic E-state index is 12.1. The number of carbonyl (C=O) groups is 1. The number of benzene rings is 1. The molecule has 0 aromatic heterocycles. The Morgan fingerprint density at radius 3 is 2.86 bits per heavy atom. The predicted octanol–water partition coefficient (Wildman–Crippen LogP) is 2.15. The smallest absolute Gasteiger partial charge is 0.234 e. The molecule has 0 saturated heterocycles. The largest absolute Gasteiger partial charge is 0.454 e. The van der Waals surface area contributed by atoms with Crippen molar-refractivity contribution in [2.75, 3.05) is 19.9 Å². The number of nitrogens with one attached hydrogen (secondary N) is 1. The Bertz CT molecular complexity index is 543. The highest BCUT2D eigenvalue weighted by Gasteiger charge is 2.29. The lowest BCUT2D eigenvalue weighted by Gasteiger charge is -2.21. The van der Waals surface area contributed by atoms with Crippen molar-refractivity contribution in [3.8, 4) is 11.5 Å². The van der Waals surface area contributed by atoms with Gasteiger partial charge in [-0.05, 0) is 49.9 Å². The molecule has 0 bridgehead atoms. The standard InChI is InChI=1S/C17H24N2O3/c1-3-19(10-17(20)18-12(2)14-5-6-14)9-13-4-7-15-16(8-13)22-11-21-15/h4,7-8,12,14H,3,5-6,9-11H2,1-2H3,(H,18,20). The van der Waals surface area contributed by atoms with Crippen LogP contribution in [0.5, 0.6) is 11.5 Å². The SMILES string of the molecule is CCN(CC(=O)NC(C)C1CC1)Cc1ccc2c(c1)OCO2. The molecule has 5 heteroatoms. The van der Waals surface area contributed by atoms with Gasteiger partial charge >= 0.3 is 0 Å². The number of hydrogen-bond acceptors (Lipinski definition) is 4. The molecular weight excluding hydrogens is 280 g/mol. The molecule has 120 valence electrons. The van der Waals surface area contributed by atoms with E-state index >= 15 is 0 Å². The molecule has 1 N–H and O–H groups in total. The number of nitrogens with zero attached hydrogens (tertiary/aromatic N) is 1. The predicted molar refractivity (Wildman–Crippen MR) is 83.8 cm³/mol. The Balaban J connectivity index is 1.53. The molecule has 0 radical (unpaired) electrons. The van der Waals surface area contributed by atoms with E-state index in [1.165, 1.54) is 12.8 Å². The number of hydrogen-bond donors (Lipinski definition) is 1. The highest BCUT2D eigenvalue weighted by atomic mass is 16.7. The summed E-state index contributed by atoms with van der Waals surface area (Å²) in [5.74, 6) is 2.39. The molecule has 1 amide bonds. The van der Waals surface area contributed by atoms with Crippen molar-refractivity contribution in [1.82, 2.24) is 10.2 Å². The van der Waals surface area contributed by atoms with Crippen LogP contribution < -0.4 is 14.8 Å². The molecule has 1 aliphatic heterocycles. The van der Waals surface area contributed by atoms with Crippen molar-refractivity contribution < 1.29 is 14.3 Å². The third-order valence-corrected chi connectivity index (χ3v) is 4.38. The van der Waals surface area contributed by atoms with Crippen LogP contribution in [0.25, 0.3) is 0 Å². The minimum Gasteiger partial charge on any atom is -0.454 e. The van der Waals surface area contributed by atoms with Crippen LogP contribution in [0.3, 0.4) is 0 Å². The minimum atomic E-state index is 0.113. The van der Waals surface area contributed by atoms with Crippen molar-refractivity contribution in [3.05, 3.63) is 23.8 Å². The number of amides is 1. The third-order valence-electron chi connectivity index (χ3n) is 4.38. The molecule has 1 unspecified atom stereocenters. The van der Waals surface area contributed by atoms with Gasteiger partial charge in [-0.2, -0.15) is 0 Å². The summed E-state index contributed by atoms with van der Waals surface area (Å²) >= 11 is 0. The molecule has 3 rings (SSSR count). The highest BCUT2D eigenvalue weighted by Crippen LogP contribution is 2.33. The molecule has 5 nitrogen and oxygen atoms in total. The third kappa shape index (κ3) is 3.71. The zero-order valence-electron chi connectivity index (χ0n) is 13.3. The van der Waals surface area contributed by atoms with Crippen LogP contribution in [0.2, 0.25) is 0 Å². The summed E-state index contributed by atoms with van der Waals surface area (Å²) in [4.78, 5) is 14.3. The molecule has 2 aliphatic rings. The maximum absolute atomic E-state index is 12.1. The van der Waals surface area contributed by atoms with Crippen molar-refractivity contribution in [1.29, 1.82) is 0 Å². The van der Waals surface area contributed by atoms with Gasteiger partial charge in [-0.15, -0.1) is 0 Å². The van der Waals surface area contributed by atoms with E-state index in [1.54, 1.807) is 0 Å². The monoisotopic (exact) mass is 304 g/mol. The average molecular weight is 304 g/mol. The van der Waals surface area contributed by atoms with Crippen molar-refractivity contribution in [2.24, 2.45) is 5.92 Å². The van der Waals surface area contributed by atoms with Gasteiger partial charge in [0.25, 0.3) is 0 Å². The zero-order valence-corrected chi connectivity index (χ0v) is 13.3. The Labute approximate surface area is 131 Å². The summed E-state index contributed by atoms with van der Waals surface area (Å²) in [5, 5.41) is 3.11. The summed E-state index contributed by atoms with van der Waals surface area (Å²) in [6.07, 6.45) is 2.49. The lowest BCUT2D eigenvalue weighted by Crippen LogP contribution is -2.41. The first-order valence-electron chi connectivity index (χ1n) is 8.06. The maximum Gasteiger partial charge on any atom is 0.234 e. The van der Waals surface area contributed by atoms with Gasteiger partial charge in [0.15, 0.2) is 11.5 Å². The second-order valence-corrected chi connectivity index (χ2v) is 6.18. The first-order chi connectivity index (χ1) is 10.7. The van der Waals surface area contributed by atoms with Crippen LogP contribution in [0, 0.1) is 5.92 Å². The van der Waals surface area contributed by atoms with Gasteiger partial charge in [0.1, 0.15) is 0 Å². The molecule has 1 aliphatic carbocycles. The van der Waals surface area contributed by atoms with Crippen LogP contribution in [0.1, 0.15) is 32.3 Å². The van der Waals surface area contributed by atoms with Crippen LogP contribution in [-0.4, -0.2) is 36.7 Å². The normalized spacial score (nSPS) is 17.6. The number of rotatable bonds is 7. The van der Waals surface area contributed by atoms with Gasteiger partial charge in [0.2, 0.25) is 12.7 Å². The fourth-order valence-corrected chi connectivity index (χ4v) is 2.79. The van der Waals surface area contributed by atoms with Crippen molar-refractivity contribution in [2.45, 2.75) is 39.3 Å². The molecule has 1 fully saturated rings. The summed E-state index contributed by atoms with van der Waals surface area (Å²) in [6, 6.07) is 6.26. The second-order valence-electron chi connectivity index (χ2n) is 6.18. The first-order valence-corrected chi connectivity index (χ1v) is 8.06. The molecule has 0 spiro atoms. The van der Waals surface area contributed by atoms with Gasteiger partial charge in [-0.3, -0.25) is 9.69 Å². The van der Waals surface area contributed by atoms with Gasteiger partial charge in [-0.1, -0.05) is 13.0 Å². The highest BCUT2D eigenvalue weighted by molar-refractivity contribution is 5.78. The number of ether oxygens (including phenoxy) is 2. The number of likely N-dealkylation sites (N-methyl/N-ethyl adjacent to an activating group) is 1. The van der Waals surface area contributed by atoms with E-state index in [0.29, 0.717) is 18.5 Å². The quantitative estimate of drug-likeness (QED) is 0.838. The molecule has 1 heterocycles. The zero-order chi connectivity index (χ0) is 15.5.